The summed E-state index contributed by atoms with van der Waals surface area (Å²) in [5.41, 5.74) is -1.45. The Bertz CT molecular complexity index is 538. The van der Waals surface area contributed by atoms with Crippen molar-refractivity contribution in [3.63, 3.8) is 0 Å². The maximum absolute atomic E-state index is 13.1. The van der Waals surface area contributed by atoms with E-state index in [9.17, 15) is 4.79 Å². The van der Waals surface area contributed by atoms with Gasteiger partial charge in [0, 0.05) is 30.3 Å². The molecule has 0 aromatic heterocycles. The lowest BCUT2D eigenvalue weighted by Gasteiger charge is -2.56. The first kappa shape index (κ1) is 25.8. The molecule has 1 atom stereocenters. The van der Waals surface area contributed by atoms with Crippen LogP contribution in [0.1, 0.15) is 132 Å². The summed E-state index contributed by atoms with van der Waals surface area (Å²) in [6, 6.07) is 0. The highest BCUT2D eigenvalue weighted by molar-refractivity contribution is 5.90. The molecule has 4 nitrogen and oxygen atoms in total. The van der Waals surface area contributed by atoms with Crippen molar-refractivity contribution in [2.45, 2.75) is 154 Å². The molecule has 2 fully saturated rings. The molecule has 2 aliphatic heterocycles. The number of ether oxygens (including phenoxy) is 1. The van der Waals surface area contributed by atoms with Crippen molar-refractivity contribution in [2.24, 2.45) is 0 Å². The summed E-state index contributed by atoms with van der Waals surface area (Å²) in [5.74, 6) is 0.284. The van der Waals surface area contributed by atoms with Gasteiger partial charge in [-0.1, -0.05) is 65.2 Å². The Labute approximate surface area is 186 Å². The number of carbonyl (C=O) groups is 1. The minimum absolute atomic E-state index is 0.240. The van der Waals surface area contributed by atoms with Crippen LogP contribution in [0.25, 0.3) is 0 Å². The number of hydrogen-bond donors (Lipinski definition) is 0. The monoisotopic (exact) mass is 423 g/mol. The lowest BCUT2D eigenvalue weighted by atomic mass is 9.70. The van der Waals surface area contributed by atoms with E-state index in [0.29, 0.717) is 19.3 Å². The minimum Gasteiger partial charge on any atom is -0.360 e. The fourth-order valence-electron chi connectivity index (χ4n) is 5.87. The van der Waals surface area contributed by atoms with Crippen molar-refractivity contribution in [1.29, 1.82) is 0 Å². The van der Waals surface area contributed by atoms with Crippen LogP contribution in [0.15, 0.2) is 0 Å². The second-order valence-corrected chi connectivity index (χ2v) is 11.4. The zero-order chi connectivity index (χ0) is 22.5. The van der Waals surface area contributed by atoms with Gasteiger partial charge in [-0.15, -0.1) is 0 Å². The molecule has 0 radical (unpaired) electrons. The molecule has 2 rings (SSSR count). The number of unbranched alkanes of at least 4 members (excludes halogenated alkanes) is 8. The van der Waals surface area contributed by atoms with Crippen LogP contribution < -0.4 is 0 Å². The molecule has 1 unspecified atom stereocenters. The third-order valence-electron chi connectivity index (χ3n) is 7.24. The molecule has 30 heavy (non-hydrogen) atoms. The van der Waals surface area contributed by atoms with Crippen LogP contribution in [0, 0.1) is 0 Å². The van der Waals surface area contributed by atoms with E-state index in [2.05, 4.69) is 53.5 Å². The molecule has 0 aliphatic carbocycles. The minimum atomic E-state index is -0.657. The fraction of sp³-hybridized carbons (Fsp3) is 0.962. The maximum atomic E-state index is 13.1. The Kier molecular flexibility index (Phi) is 8.98. The Hall–Kier alpha value is -0.450. The van der Waals surface area contributed by atoms with E-state index in [1.807, 2.05) is 0 Å². The summed E-state index contributed by atoms with van der Waals surface area (Å²) in [6.45, 7) is 16.0. The van der Waals surface area contributed by atoms with Gasteiger partial charge in [0.25, 0.3) is 0 Å². The molecule has 0 saturated carbocycles. The van der Waals surface area contributed by atoms with Crippen molar-refractivity contribution in [2.75, 3.05) is 6.61 Å². The fourth-order valence-corrected chi connectivity index (χ4v) is 5.87. The molecular formula is C26H49NO3. The molecule has 0 aromatic rings. The van der Waals surface area contributed by atoms with E-state index < -0.39 is 5.60 Å². The number of hydroxylamine groups is 2. The SMILES string of the molecule is CCCCCCCCCCCON1C(C)(C)CC2(CC1(C)C)OC(C)(CC)CC2=O. The highest BCUT2D eigenvalue weighted by Crippen LogP contribution is 2.52. The van der Waals surface area contributed by atoms with E-state index in [1.54, 1.807) is 0 Å². The quantitative estimate of drug-likeness (QED) is 0.317. The van der Waals surface area contributed by atoms with Crippen molar-refractivity contribution in [3.8, 4) is 0 Å². The molecule has 176 valence electrons. The molecule has 0 N–H and O–H groups in total. The van der Waals surface area contributed by atoms with Gasteiger partial charge in [0.05, 0.1) is 12.2 Å². The largest absolute Gasteiger partial charge is 0.360 e. The second-order valence-electron chi connectivity index (χ2n) is 11.4. The zero-order valence-electron chi connectivity index (χ0n) is 21.1. The van der Waals surface area contributed by atoms with Crippen LogP contribution in [-0.2, 0) is 14.4 Å². The van der Waals surface area contributed by atoms with E-state index in [1.165, 1.54) is 51.4 Å². The Balaban J connectivity index is 1.82. The number of ketones is 1. The highest BCUT2D eigenvalue weighted by Gasteiger charge is 2.62. The Morgan fingerprint density at radius 2 is 1.33 bits per heavy atom. The van der Waals surface area contributed by atoms with Gasteiger partial charge >= 0.3 is 0 Å². The summed E-state index contributed by atoms with van der Waals surface area (Å²) in [6.07, 6.45) is 14.7. The lowest BCUT2D eigenvalue weighted by Crippen LogP contribution is -2.66. The van der Waals surface area contributed by atoms with Crippen molar-refractivity contribution in [1.82, 2.24) is 5.06 Å². The third kappa shape index (κ3) is 6.29. The molecule has 0 bridgehead atoms. The van der Waals surface area contributed by atoms with Gasteiger partial charge in [0.1, 0.15) is 5.60 Å². The summed E-state index contributed by atoms with van der Waals surface area (Å²) in [7, 11) is 0. The van der Waals surface area contributed by atoms with Gasteiger partial charge in [-0.05, 0) is 47.5 Å². The van der Waals surface area contributed by atoms with E-state index in [0.717, 1.165) is 19.4 Å². The van der Waals surface area contributed by atoms with Crippen LogP contribution in [-0.4, -0.2) is 39.7 Å². The first-order valence-corrected chi connectivity index (χ1v) is 12.7. The van der Waals surface area contributed by atoms with Crippen molar-refractivity contribution in [3.05, 3.63) is 0 Å². The number of piperidine rings is 1. The van der Waals surface area contributed by atoms with Crippen LogP contribution in [0.2, 0.25) is 0 Å². The molecular weight excluding hydrogens is 374 g/mol. The van der Waals surface area contributed by atoms with Gasteiger partial charge in [-0.2, -0.15) is 5.06 Å². The lowest BCUT2D eigenvalue weighted by molar-refractivity contribution is -0.308. The van der Waals surface area contributed by atoms with Gasteiger partial charge in [-0.25, -0.2) is 0 Å². The molecule has 1 spiro atoms. The maximum Gasteiger partial charge on any atom is 0.167 e. The molecule has 2 saturated heterocycles. The molecule has 0 amide bonds. The normalized spacial score (nSPS) is 27.8. The predicted molar refractivity (Wildman–Crippen MR) is 125 cm³/mol. The zero-order valence-corrected chi connectivity index (χ0v) is 21.1. The van der Waals surface area contributed by atoms with Gasteiger partial charge in [-0.3, -0.25) is 9.63 Å². The Morgan fingerprint density at radius 3 is 1.80 bits per heavy atom. The van der Waals surface area contributed by atoms with Gasteiger partial charge in [0.15, 0.2) is 5.78 Å². The van der Waals surface area contributed by atoms with Crippen LogP contribution >= 0.6 is 0 Å². The number of rotatable bonds is 12. The second kappa shape index (κ2) is 10.4. The number of hydrogen-bond acceptors (Lipinski definition) is 4. The van der Waals surface area contributed by atoms with E-state index in [-0.39, 0.29) is 22.5 Å². The smallest absolute Gasteiger partial charge is 0.167 e. The van der Waals surface area contributed by atoms with E-state index in [4.69, 9.17) is 9.57 Å². The van der Waals surface area contributed by atoms with Crippen LogP contribution in [0.3, 0.4) is 0 Å². The summed E-state index contributed by atoms with van der Waals surface area (Å²) in [5, 5.41) is 2.17. The van der Waals surface area contributed by atoms with E-state index >= 15 is 0 Å². The summed E-state index contributed by atoms with van der Waals surface area (Å²) < 4.78 is 6.53. The summed E-state index contributed by atoms with van der Waals surface area (Å²) in [4.78, 5) is 19.4. The average molecular weight is 424 g/mol. The number of nitrogens with zero attached hydrogens (tertiary/aromatic N) is 1. The molecule has 2 heterocycles. The first-order valence-electron chi connectivity index (χ1n) is 12.7. The Morgan fingerprint density at radius 1 is 0.833 bits per heavy atom. The topological polar surface area (TPSA) is 38.8 Å². The van der Waals surface area contributed by atoms with Crippen LogP contribution in [0.5, 0.6) is 0 Å². The number of carbonyl (C=O) groups excluding carboxylic acids is 1. The highest BCUT2D eigenvalue weighted by atomic mass is 16.7. The van der Waals surface area contributed by atoms with Crippen LogP contribution in [0.4, 0.5) is 0 Å². The molecule has 0 aromatic carbocycles. The average Bonchev–Trinajstić information content (AvgIpc) is 2.87. The predicted octanol–water partition coefficient (Wildman–Crippen LogP) is 7.00. The van der Waals surface area contributed by atoms with Gasteiger partial charge in [0.2, 0.25) is 0 Å². The standard InChI is InChI=1S/C26H49NO3/c1-8-10-11-12-13-14-15-16-17-18-29-27-23(3,4)20-26(21-24(27,5)6)22(28)19-25(7,9-2)30-26/h8-21H2,1-7H3. The first-order chi connectivity index (χ1) is 14.0. The van der Waals surface area contributed by atoms with Crippen molar-refractivity contribution < 1.29 is 14.4 Å². The third-order valence-corrected chi connectivity index (χ3v) is 7.24. The molecule has 4 heteroatoms. The number of Topliss-reactive ketones (excluding diaryl/α,β-unsaturated/α-hetero) is 1. The molecule has 2 aliphatic rings. The van der Waals surface area contributed by atoms with Gasteiger partial charge < -0.3 is 4.74 Å². The summed E-state index contributed by atoms with van der Waals surface area (Å²) >= 11 is 0. The van der Waals surface area contributed by atoms with Crippen molar-refractivity contribution >= 4 is 5.78 Å².